The van der Waals surface area contributed by atoms with E-state index in [1.807, 2.05) is 0 Å². The molecule has 0 aromatic heterocycles. The van der Waals surface area contributed by atoms with E-state index in [2.05, 4.69) is 41.5 Å². The molecule has 0 amide bonds. The van der Waals surface area contributed by atoms with Gasteiger partial charge >= 0.3 is 39.5 Å². The van der Waals surface area contributed by atoms with Crippen molar-refractivity contribution in [3.63, 3.8) is 0 Å². The zero-order valence-electron chi connectivity index (χ0n) is 62.0. The van der Waals surface area contributed by atoms with Crippen LogP contribution in [0.3, 0.4) is 0 Å². The first-order valence-electron chi connectivity index (χ1n) is 39.5. The van der Waals surface area contributed by atoms with E-state index in [0.717, 1.165) is 102 Å². The molecule has 0 saturated carbocycles. The molecule has 3 unspecified atom stereocenters. The summed E-state index contributed by atoms with van der Waals surface area (Å²) in [4.78, 5) is 72.8. The molecule has 6 atom stereocenters. The Balaban J connectivity index is 5.22. The summed E-state index contributed by atoms with van der Waals surface area (Å²) in [5.41, 5.74) is 0. The van der Waals surface area contributed by atoms with Gasteiger partial charge < -0.3 is 33.8 Å². The summed E-state index contributed by atoms with van der Waals surface area (Å²) >= 11 is 0. The van der Waals surface area contributed by atoms with Gasteiger partial charge in [-0.05, 0) is 37.5 Å². The number of ether oxygens (including phenoxy) is 4. The van der Waals surface area contributed by atoms with Crippen molar-refractivity contribution in [3.8, 4) is 0 Å². The topological polar surface area (TPSA) is 237 Å². The standard InChI is InChI=1S/C76H148O17P2/c1-7-10-12-14-16-18-19-20-21-22-23-24-25-26-27-36-42-48-54-60-75(80)92-72(65-87-74(79)59-53-47-41-35-31-29-34-39-45-51-57-69(6)9-3)67-91-95(84,85)89-63-70(77)62-88-94(82,83)90-66-71(64-86-73(78)58-52-46-40-32-17-15-13-11-8-2)93-76(81)61-55-49-43-37-30-28-33-38-44-50-56-68(4)5/h68-72,77H,7-67H2,1-6H3,(H,82,83)(H,84,85)/t69?,70-,71+,72+/m0/s1. The van der Waals surface area contributed by atoms with Crippen molar-refractivity contribution in [3.05, 3.63) is 0 Å². The average Bonchev–Trinajstić information content (AvgIpc) is 1.59. The van der Waals surface area contributed by atoms with Gasteiger partial charge in [0.25, 0.3) is 0 Å². The second kappa shape index (κ2) is 67.9. The molecule has 0 aliphatic rings. The molecule has 19 heteroatoms. The fraction of sp³-hybridized carbons (Fsp3) is 0.947. The summed E-state index contributed by atoms with van der Waals surface area (Å²) in [5.74, 6) is -0.555. The molecule has 0 bridgehead atoms. The van der Waals surface area contributed by atoms with E-state index < -0.39 is 97.5 Å². The Morgan fingerprint density at radius 2 is 0.537 bits per heavy atom. The maximum absolute atomic E-state index is 13.1. The van der Waals surface area contributed by atoms with Crippen molar-refractivity contribution in [2.24, 2.45) is 11.8 Å². The van der Waals surface area contributed by atoms with Gasteiger partial charge in [-0.2, -0.15) is 0 Å². The lowest BCUT2D eigenvalue weighted by molar-refractivity contribution is -0.161. The molecule has 0 spiro atoms. The summed E-state index contributed by atoms with van der Waals surface area (Å²) in [5, 5.41) is 10.6. The van der Waals surface area contributed by atoms with Crippen LogP contribution in [0.5, 0.6) is 0 Å². The highest BCUT2D eigenvalue weighted by molar-refractivity contribution is 7.47. The van der Waals surface area contributed by atoms with Crippen LogP contribution in [0.25, 0.3) is 0 Å². The molecule has 0 saturated heterocycles. The van der Waals surface area contributed by atoms with E-state index >= 15 is 0 Å². The minimum Gasteiger partial charge on any atom is -0.462 e. The Morgan fingerprint density at radius 3 is 0.800 bits per heavy atom. The number of carbonyl (C=O) groups excluding carboxylic acids is 4. The Morgan fingerprint density at radius 1 is 0.305 bits per heavy atom. The van der Waals surface area contributed by atoms with Crippen LogP contribution < -0.4 is 0 Å². The summed E-state index contributed by atoms with van der Waals surface area (Å²) in [7, 11) is -9.91. The third-order valence-electron chi connectivity index (χ3n) is 18.1. The monoisotopic (exact) mass is 1400 g/mol. The molecule has 564 valence electrons. The Labute approximate surface area is 581 Å². The smallest absolute Gasteiger partial charge is 0.462 e. The molecule has 17 nitrogen and oxygen atoms in total. The SMILES string of the molecule is CCCCCCCCCCCCCCCCCCCCCC(=O)O[C@H](COC(=O)CCCCCCCCCCCCC(C)CC)COP(=O)(O)OC[C@@H](O)COP(=O)(O)OC[C@@H](COC(=O)CCCCCCCCCCC)OC(=O)CCCCCCCCCCCCC(C)C. The zero-order valence-corrected chi connectivity index (χ0v) is 63.8. The zero-order chi connectivity index (χ0) is 70.0. The molecular weight excluding hydrogens is 1250 g/mol. The number of hydrogen-bond donors (Lipinski definition) is 3. The van der Waals surface area contributed by atoms with Gasteiger partial charge in [-0.1, -0.05) is 343 Å². The minimum atomic E-state index is -4.96. The third-order valence-corrected chi connectivity index (χ3v) is 20.0. The first-order chi connectivity index (χ1) is 45.9. The Hall–Kier alpha value is -1.94. The number of carbonyl (C=O) groups is 4. The molecule has 0 aliphatic carbocycles. The normalized spacial score (nSPS) is 14.3. The number of rotatable bonds is 75. The van der Waals surface area contributed by atoms with E-state index in [-0.39, 0.29) is 25.7 Å². The van der Waals surface area contributed by atoms with E-state index in [9.17, 15) is 43.2 Å². The van der Waals surface area contributed by atoms with Crippen LogP contribution in [0.4, 0.5) is 0 Å². The quantitative estimate of drug-likeness (QED) is 0.0222. The number of phosphoric ester groups is 2. The van der Waals surface area contributed by atoms with Crippen molar-refractivity contribution in [2.45, 2.75) is 413 Å². The van der Waals surface area contributed by atoms with E-state index in [1.165, 1.54) is 212 Å². The molecule has 0 radical (unpaired) electrons. The van der Waals surface area contributed by atoms with Crippen molar-refractivity contribution < 1.29 is 80.2 Å². The fourth-order valence-corrected chi connectivity index (χ4v) is 13.2. The summed E-state index contributed by atoms with van der Waals surface area (Å²) in [6.07, 6.45) is 55.4. The van der Waals surface area contributed by atoms with E-state index in [4.69, 9.17) is 37.0 Å². The summed E-state index contributed by atoms with van der Waals surface area (Å²) < 4.78 is 68.5. The number of unbranched alkanes of at least 4 members (excludes halogenated alkanes) is 44. The fourth-order valence-electron chi connectivity index (χ4n) is 11.6. The van der Waals surface area contributed by atoms with Crippen molar-refractivity contribution in [1.82, 2.24) is 0 Å². The van der Waals surface area contributed by atoms with Crippen LogP contribution in [0.2, 0.25) is 0 Å². The highest BCUT2D eigenvalue weighted by Gasteiger charge is 2.30. The number of phosphoric acid groups is 2. The Bertz CT molecular complexity index is 1840. The van der Waals surface area contributed by atoms with Gasteiger partial charge in [-0.15, -0.1) is 0 Å². The lowest BCUT2D eigenvalue weighted by atomic mass is 9.99. The van der Waals surface area contributed by atoms with Gasteiger partial charge in [0.2, 0.25) is 0 Å². The molecule has 3 N–H and O–H groups in total. The van der Waals surface area contributed by atoms with Gasteiger partial charge in [0.05, 0.1) is 26.4 Å². The van der Waals surface area contributed by atoms with E-state index in [1.54, 1.807) is 0 Å². The summed E-state index contributed by atoms with van der Waals surface area (Å²) in [6.45, 7) is 9.60. The molecule has 0 fully saturated rings. The number of esters is 4. The van der Waals surface area contributed by atoms with Crippen molar-refractivity contribution >= 4 is 39.5 Å². The van der Waals surface area contributed by atoms with Crippen LogP contribution in [-0.4, -0.2) is 96.7 Å². The number of aliphatic hydroxyl groups is 1. The minimum absolute atomic E-state index is 0.106. The first kappa shape index (κ1) is 93.1. The highest BCUT2D eigenvalue weighted by Crippen LogP contribution is 2.45. The lowest BCUT2D eigenvalue weighted by Crippen LogP contribution is -2.30. The van der Waals surface area contributed by atoms with Gasteiger partial charge in [0.1, 0.15) is 19.3 Å². The molecule has 0 rings (SSSR count). The molecular formula is C76H148O17P2. The largest absolute Gasteiger partial charge is 0.472 e. The first-order valence-corrected chi connectivity index (χ1v) is 42.5. The maximum Gasteiger partial charge on any atom is 0.472 e. The number of hydrogen-bond acceptors (Lipinski definition) is 15. The van der Waals surface area contributed by atoms with E-state index in [0.29, 0.717) is 25.7 Å². The van der Waals surface area contributed by atoms with Crippen LogP contribution in [0.1, 0.15) is 395 Å². The van der Waals surface area contributed by atoms with Gasteiger partial charge in [-0.25, -0.2) is 9.13 Å². The van der Waals surface area contributed by atoms with Crippen molar-refractivity contribution in [1.29, 1.82) is 0 Å². The van der Waals surface area contributed by atoms with Crippen LogP contribution >= 0.6 is 15.6 Å². The highest BCUT2D eigenvalue weighted by atomic mass is 31.2. The van der Waals surface area contributed by atoms with Crippen LogP contribution in [0, 0.1) is 11.8 Å². The van der Waals surface area contributed by atoms with Crippen LogP contribution in [-0.2, 0) is 65.4 Å². The van der Waals surface area contributed by atoms with Gasteiger partial charge in [0.15, 0.2) is 12.2 Å². The molecule has 0 heterocycles. The predicted molar refractivity (Wildman–Crippen MR) is 386 cm³/mol. The second-order valence-corrected chi connectivity index (χ2v) is 31.0. The average molecular weight is 1400 g/mol. The number of aliphatic hydroxyl groups excluding tert-OH is 1. The predicted octanol–water partition coefficient (Wildman–Crippen LogP) is 22.3. The van der Waals surface area contributed by atoms with Crippen molar-refractivity contribution in [2.75, 3.05) is 39.6 Å². The van der Waals surface area contributed by atoms with Gasteiger partial charge in [-0.3, -0.25) is 37.3 Å². The summed E-state index contributed by atoms with van der Waals surface area (Å²) in [6, 6.07) is 0. The molecule has 0 aromatic rings. The maximum atomic E-state index is 13.1. The lowest BCUT2D eigenvalue weighted by Gasteiger charge is -2.21. The van der Waals surface area contributed by atoms with Gasteiger partial charge in [0, 0.05) is 25.7 Å². The molecule has 0 aromatic carbocycles. The third kappa shape index (κ3) is 69.0. The molecule has 95 heavy (non-hydrogen) atoms. The molecule has 0 aliphatic heterocycles. The van der Waals surface area contributed by atoms with Crippen LogP contribution in [0.15, 0.2) is 0 Å². The Kier molecular flexibility index (Phi) is 66.5. The second-order valence-electron chi connectivity index (χ2n) is 28.1.